The van der Waals surface area contributed by atoms with Gasteiger partial charge in [0.1, 0.15) is 0 Å². The van der Waals surface area contributed by atoms with Crippen molar-refractivity contribution in [3.05, 3.63) is 0 Å². The van der Waals surface area contributed by atoms with Crippen LogP contribution in [0.25, 0.3) is 0 Å². The fourth-order valence-electron chi connectivity index (χ4n) is 2.06. The molecule has 6 nitrogen and oxygen atoms in total. The van der Waals surface area contributed by atoms with Gasteiger partial charge < -0.3 is 9.90 Å². The quantitative estimate of drug-likeness (QED) is 0.709. The minimum atomic E-state index is -1.03. The second-order valence-electron chi connectivity index (χ2n) is 4.17. The average Bonchev–Trinajstić information content (AvgIpc) is 2.78. The van der Waals surface area contributed by atoms with E-state index in [9.17, 15) is 9.90 Å². The molecular formula is C10H15N4O2S-. The van der Waals surface area contributed by atoms with Gasteiger partial charge in [-0.1, -0.05) is 31.0 Å². The third-order valence-corrected chi connectivity index (χ3v) is 3.86. The summed E-state index contributed by atoms with van der Waals surface area (Å²) in [6, 6.07) is 0.379. The Hall–Kier alpha value is -1.11. The van der Waals surface area contributed by atoms with Crippen molar-refractivity contribution < 1.29 is 9.90 Å². The van der Waals surface area contributed by atoms with Gasteiger partial charge >= 0.3 is 0 Å². The van der Waals surface area contributed by atoms with Crippen LogP contribution in [-0.2, 0) is 4.79 Å². The summed E-state index contributed by atoms with van der Waals surface area (Å²) in [4.78, 5) is 10.3. The zero-order valence-electron chi connectivity index (χ0n) is 9.54. The van der Waals surface area contributed by atoms with Crippen LogP contribution in [0.1, 0.15) is 44.6 Å². The van der Waals surface area contributed by atoms with Crippen LogP contribution >= 0.6 is 11.8 Å². The van der Waals surface area contributed by atoms with Crippen molar-refractivity contribution in [1.29, 1.82) is 0 Å². The standard InChI is InChI=1S/C10H16N4O2S/c15-9(16)6-7-17-10-11-12-13-14(10)8-4-2-1-3-5-8/h8H,1-7H2,(H,15,16)/p-1. The largest absolute Gasteiger partial charge is 0.550 e. The number of aliphatic carboxylic acids is 1. The van der Waals surface area contributed by atoms with E-state index in [1.165, 1.54) is 31.0 Å². The molecule has 0 amide bonds. The predicted octanol–water partition coefficient (Wildman–Crippen LogP) is 0.410. The third-order valence-electron chi connectivity index (χ3n) is 2.92. The van der Waals surface area contributed by atoms with Crippen LogP contribution in [0.5, 0.6) is 0 Å². The Kier molecular flexibility index (Phi) is 4.36. The van der Waals surface area contributed by atoms with E-state index in [1.807, 2.05) is 4.68 Å². The average molecular weight is 255 g/mol. The normalized spacial score (nSPS) is 17.2. The molecule has 0 aliphatic heterocycles. The molecule has 1 fully saturated rings. The molecular weight excluding hydrogens is 240 g/mol. The van der Waals surface area contributed by atoms with Crippen molar-refractivity contribution in [2.75, 3.05) is 5.75 Å². The Balaban J connectivity index is 1.93. The van der Waals surface area contributed by atoms with Gasteiger partial charge in [-0.25, -0.2) is 4.68 Å². The number of aromatic nitrogens is 4. The zero-order valence-corrected chi connectivity index (χ0v) is 10.4. The van der Waals surface area contributed by atoms with Crippen molar-refractivity contribution in [3.63, 3.8) is 0 Å². The highest BCUT2D eigenvalue weighted by Gasteiger charge is 2.19. The van der Waals surface area contributed by atoms with Crippen molar-refractivity contribution in [3.8, 4) is 0 Å². The summed E-state index contributed by atoms with van der Waals surface area (Å²) in [7, 11) is 0. The Morgan fingerprint density at radius 2 is 2.18 bits per heavy atom. The van der Waals surface area contributed by atoms with E-state index in [-0.39, 0.29) is 6.42 Å². The molecule has 0 bridgehead atoms. The van der Waals surface area contributed by atoms with Crippen molar-refractivity contribution in [1.82, 2.24) is 20.2 Å². The van der Waals surface area contributed by atoms with E-state index < -0.39 is 5.97 Å². The molecule has 0 spiro atoms. The second-order valence-corrected chi connectivity index (χ2v) is 5.23. The zero-order chi connectivity index (χ0) is 12.1. The molecule has 94 valence electrons. The summed E-state index contributed by atoms with van der Waals surface area (Å²) < 4.78 is 1.85. The Morgan fingerprint density at radius 3 is 2.88 bits per heavy atom. The van der Waals surface area contributed by atoms with Gasteiger partial charge in [0.25, 0.3) is 0 Å². The smallest absolute Gasteiger partial charge is 0.209 e. The van der Waals surface area contributed by atoms with Crippen LogP contribution in [0.2, 0.25) is 0 Å². The third kappa shape index (κ3) is 3.42. The highest BCUT2D eigenvalue weighted by Crippen LogP contribution is 2.30. The number of carboxylic acid groups (broad SMARTS) is 1. The SMILES string of the molecule is O=C([O-])CCSc1nnnn1C1CCCCC1. The lowest BCUT2D eigenvalue weighted by Gasteiger charge is -2.21. The van der Waals surface area contributed by atoms with E-state index >= 15 is 0 Å². The summed E-state index contributed by atoms with van der Waals surface area (Å²) in [5, 5.41) is 22.7. The minimum Gasteiger partial charge on any atom is -0.550 e. The van der Waals surface area contributed by atoms with Crippen molar-refractivity contribution >= 4 is 17.7 Å². The monoisotopic (exact) mass is 255 g/mol. The number of carboxylic acids is 1. The molecule has 0 N–H and O–H groups in total. The van der Waals surface area contributed by atoms with Crippen LogP contribution in [0.4, 0.5) is 0 Å². The first kappa shape index (κ1) is 12.3. The number of carbonyl (C=O) groups excluding carboxylic acids is 1. The lowest BCUT2D eigenvalue weighted by molar-refractivity contribution is -0.305. The number of hydrogen-bond donors (Lipinski definition) is 0. The van der Waals surface area contributed by atoms with Crippen molar-refractivity contribution in [2.24, 2.45) is 0 Å². The van der Waals surface area contributed by atoms with Gasteiger partial charge in [0.15, 0.2) is 0 Å². The molecule has 0 radical (unpaired) electrons. The molecule has 0 aromatic carbocycles. The highest BCUT2D eigenvalue weighted by atomic mass is 32.2. The van der Waals surface area contributed by atoms with Crippen LogP contribution < -0.4 is 5.11 Å². The molecule has 0 atom stereocenters. The van der Waals surface area contributed by atoms with E-state index in [2.05, 4.69) is 15.5 Å². The van der Waals surface area contributed by atoms with Gasteiger partial charge in [-0.3, -0.25) is 0 Å². The van der Waals surface area contributed by atoms with E-state index in [0.717, 1.165) is 18.0 Å². The summed E-state index contributed by atoms with van der Waals surface area (Å²) in [5.74, 6) is -0.579. The molecule has 1 heterocycles. The Morgan fingerprint density at radius 1 is 1.41 bits per heavy atom. The Bertz CT molecular complexity index is 376. The topological polar surface area (TPSA) is 83.7 Å². The lowest BCUT2D eigenvalue weighted by Crippen LogP contribution is -2.22. The first-order chi connectivity index (χ1) is 8.27. The fraction of sp³-hybridized carbons (Fsp3) is 0.800. The number of thioether (sulfide) groups is 1. The molecule has 1 aliphatic carbocycles. The van der Waals surface area contributed by atoms with Gasteiger partial charge in [-0.05, 0) is 29.7 Å². The van der Waals surface area contributed by atoms with Crippen LogP contribution in [0, 0.1) is 0 Å². The lowest BCUT2D eigenvalue weighted by atomic mass is 9.96. The van der Waals surface area contributed by atoms with Gasteiger partial charge in [0.05, 0.1) is 6.04 Å². The number of hydrogen-bond acceptors (Lipinski definition) is 6. The second kappa shape index (κ2) is 6.00. The first-order valence-electron chi connectivity index (χ1n) is 5.88. The van der Waals surface area contributed by atoms with Crippen LogP contribution in [0.15, 0.2) is 5.16 Å². The maximum absolute atomic E-state index is 10.3. The molecule has 0 unspecified atom stereocenters. The highest BCUT2D eigenvalue weighted by molar-refractivity contribution is 7.99. The molecule has 1 saturated carbocycles. The van der Waals surface area contributed by atoms with Crippen LogP contribution in [0.3, 0.4) is 0 Å². The van der Waals surface area contributed by atoms with Gasteiger partial charge in [0, 0.05) is 11.7 Å². The number of rotatable bonds is 5. The predicted molar refractivity (Wildman–Crippen MR) is 60.3 cm³/mol. The van der Waals surface area contributed by atoms with Gasteiger partial charge in [-0.2, -0.15) is 0 Å². The summed E-state index contributed by atoms with van der Waals surface area (Å²) >= 11 is 1.38. The molecule has 0 saturated heterocycles. The summed E-state index contributed by atoms with van der Waals surface area (Å²) in [6.07, 6.45) is 5.97. The van der Waals surface area contributed by atoms with Crippen LogP contribution in [-0.4, -0.2) is 31.9 Å². The molecule has 1 aromatic rings. The molecule has 17 heavy (non-hydrogen) atoms. The number of tetrazole rings is 1. The Labute approximate surface area is 104 Å². The summed E-state index contributed by atoms with van der Waals surface area (Å²) in [5.41, 5.74) is 0. The maximum atomic E-state index is 10.3. The maximum Gasteiger partial charge on any atom is 0.209 e. The number of nitrogens with zero attached hydrogens (tertiary/aromatic N) is 4. The minimum absolute atomic E-state index is 0.0300. The molecule has 7 heteroatoms. The molecule has 2 rings (SSSR count). The summed E-state index contributed by atoms with van der Waals surface area (Å²) in [6.45, 7) is 0. The van der Waals surface area contributed by atoms with E-state index in [0.29, 0.717) is 11.8 Å². The molecule has 1 aromatic heterocycles. The van der Waals surface area contributed by atoms with Gasteiger partial charge in [-0.15, -0.1) is 5.10 Å². The van der Waals surface area contributed by atoms with E-state index in [1.54, 1.807) is 0 Å². The van der Waals surface area contributed by atoms with Gasteiger partial charge in [0.2, 0.25) is 5.16 Å². The van der Waals surface area contributed by atoms with Crippen molar-refractivity contribution in [2.45, 2.75) is 49.7 Å². The fourth-order valence-corrected chi connectivity index (χ4v) is 2.92. The van der Waals surface area contributed by atoms with E-state index in [4.69, 9.17) is 0 Å². The molecule has 1 aliphatic rings. The first-order valence-corrected chi connectivity index (χ1v) is 6.86. The number of carbonyl (C=O) groups is 1.